The van der Waals surface area contributed by atoms with Crippen molar-refractivity contribution in [2.75, 3.05) is 20.2 Å². The Kier molecular flexibility index (Phi) is 5.48. The molecule has 1 aliphatic rings. The molecule has 1 aromatic carbocycles. The van der Waals surface area contributed by atoms with Crippen LogP contribution in [0.2, 0.25) is 5.02 Å². The first kappa shape index (κ1) is 16.8. The van der Waals surface area contributed by atoms with Gasteiger partial charge in [0.15, 0.2) is 0 Å². The zero-order valence-corrected chi connectivity index (χ0v) is 14.1. The van der Waals surface area contributed by atoms with Gasteiger partial charge in [0.1, 0.15) is 12.4 Å². The maximum atomic E-state index is 12.5. The van der Waals surface area contributed by atoms with Crippen LogP contribution in [0.3, 0.4) is 0 Å². The summed E-state index contributed by atoms with van der Waals surface area (Å²) in [5.41, 5.74) is 7.51. The Morgan fingerprint density at radius 2 is 2.18 bits per heavy atom. The molecule has 1 aliphatic heterocycles. The highest BCUT2D eigenvalue weighted by Crippen LogP contribution is 2.29. The molecule has 0 fully saturated rings. The van der Waals surface area contributed by atoms with Gasteiger partial charge in [-0.1, -0.05) is 25.4 Å². The Morgan fingerprint density at radius 3 is 2.86 bits per heavy atom. The van der Waals surface area contributed by atoms with Crippen LogP contribution in [0.5, 0.6) is 5.75 Å². The van der Waals surface area contributed by atoms with Crippen LogP contribution in [0.25, 0.3) is 6.08 Å². The van der Waals surface area contributed by atoms with E-state index in [9.17, 15) is 4.79 Å². The fourth-order valence-electron chi connectivity index (χ4n) is 2.29. The van der Waals surface area contributed by atoms with Crippen LogP contribution in [0, 0.1) is 5.92 Å². The lowest BCUT2D eigenvalue weighted by Crippen LogP contribution is -2.36. The molecule has 1 atom stereocenters. The molecule has 22 heavy (non-hydrogen) atoms. The standard InChI is InChI=1S/C17H23ClN2O2/c1-11(2)15(19)6-7-20(3)17(21)13-8-12-9-14(18)4-5-16(12)22-10-13/h4-5,8-9,11,15H,6-7,10,19H2,1-3H3. The van der Waals surface area contributed by atoms with E-state index in [1.807, 2.05) is 12.1 Å². The van der Waals surface area contributed by atoms with Crippen molar-refractivity contribution in [3.8, 4) is 5.75 Å². The van der Waals surface area contributed by atoms with E-state index in [2.05, 4.69) is 13.8 Å². The zero-order chi connectivity index (χ0) is 16.3. The van der Waals surface area contributed by atoms with Crippen molar-refractivity contribution < 1.29 is 9.53 Å². The number of ether oxygens (including phenoxy) is 1. The fourth-order valence-corrected chi connectivity index (χ4v) is 2.48. The van der Waals surface area contributed by atoms with Crippen molar-refractivity contribution in [2.45, 2.75) is 26.3 Å². The van der Waals surface area contributed by atoms with Crippen molar-refractivity contribution in [3.05, 3.63) is 34.4 Å². The fraction of sp³-hybridized carbons (Fsp3) is 0.471. The van der Waals surface area contributed by atoms with E-state index in [1.54, 1.807) is 24.1 Å². The molecule has 1 unspecified atom stereocenters. The molecule has 2 rings (SSSR count). The molecule has 4 nitrogen and oxygen atoms in total. The van der Waals surface area contributed by atoms with Crippen LogP contribution in [0.4, 0.5) is 0 Å². The van der Waals surface area contributed by atoms with Gasteiger partial charge in [0, 0.05) is 30.2 Å². The average Bonchev–Trinajstić information content (AvgIpc) is 2.50. The van der Waals surface area contributed by atoms with E-state index in [4.69, 9.17) is 22.1 Å². The molecule has 1 heterocycles. The molecule has 0 aliphatic carbocycles. The molecule has 1 aromatic rings. The van der Waals surface area contributed by atoms with Crippen molar-refractivity contribution in [1.29, 1.82) is 0 Å². The molecule has 0 bridgehead atoms. The Bertz CT molecular complexity index is 584. The summed E-state index contributed by atoms with van der Waals surface area (Å²) in [6, 6.07) is 5.51. The van der Waals surface area contributed by atoms with Gasteiger partial charge in [-0.15, -0.1) is 0 Å². The maximum absolute atomic E-state index is 12.5. The zero-order valence-electron chi connectivity index (χ0n) is 13.3. The summed E-state index contributed by atoms with van der Waals surface area (Å²) in [6.07, 6.45) is 2.64. The Balaban J connectivity index is 2.03. The lowest BCUT2D eigenvalue weighted by Gasteiger charge is -2.24. The monoisotopic (exact) mass is 322 g/mol. The number of hydrogen-bond donors (Lipinski definition) is 1. The SMILES string of the molecule is CC(C)C(N)CCN(C)C(=O)C1=Cc2cc(Cl)ccc2OC1. The molecule has 0 saturated carbocycles. The van der Waals surface area contributed by atoms with Crippen molar-refractivity contribution >= 4 is 23.6 Å². The summed E-state index contributed by atoms with van der Waals surface area (Å²) in [5, 5.41) is 0.628. The van der Waals surface area contributed by atoms with Gasteiger partial charge >= 0.3 is 0 Å². The van der Waals surface area contributed by atoms with Crippen LogP contribution in [-0.2, 0) is 4.79 Å². The maximum Gasteiger partial charge on any atom is 0.252 e. The highest BCUT2D eigenvalue weighted by molar-refractivity contribution is 6.30. The Morgan fingerprint density at radius 1 is 1.45 bits per heavy atom. The van der Waals surface area contributed by atoms with Crippen molar-refractivity contribution in [1.82, 2.24) is 4.90 Å². The molecular formula is C17H23ClN2O2. The normalized spacial score (nSPS) is 14.9. The minimum Gasteiger partial charge on any atom is -0.488 e. The second-order valence-corrected chi connectivity index (χ2v) is 6.50. The predicted octanol–water partition coefficient (Wildman–Crippen LogP) is 2.95. The summed E-state index contributed by atoms with van der Waals surface area (Å²) in [4.78, 5) is 14.2. The summed E-state index contributed by atoms with van der Waals surface area (Å²) < 4.78 is 5.63. The van der Waals surface area contributed by atoms with Crippen molar-refractivity contribution in [3.63, 3.8) is 0 Å². The summed E-state index contributed by atoms with van der Waals surface area (Å²) in [5.74, 6) is 1.14. The number of nitrogens with two attached hydrogens (primary N) is 1. The number of nitrogens with zero attached hydrogens (tertiary/aromatic N) is 1. The summed E-state index contributed by atoms with van der Waals surface area (Å²) in [7, 11) is 1.80. The van der Waals surface area contributed by atoms with E-state index in [-0.39, 0.29) is 18.6 Å². The minimum atomic E-state index is -0.0263. The molecule has 0 saturated heterocycles. The summed E-state index contributed by atoms with van der Waals surface area (Å²) >= 11 is 5.99. The number of benzene rings is 1. The van der Waals surface area contributed by atoms with Gasteiger partial charge in [0.05, 0.1) is 5.57 Å². The molecule has 120 valence electrons. The van der Waals surface area contributed by atoms with Gasteiger partial charge < -0.3 is 15.4 Å². The van der Waals surface area contributed by atoms with Gasteiger partial charge in [-0.3, -0.25) is 4.79 Å². The van der Waals surface area contributed by atoms with E-state index in [1.165, 1.54) is 0 Å². The Hall–Kier alpha value is -1.52. The van der Waals surface area contributed by atoms with Gasteiger partial charge in [-0.25, -0.2) is 0 Å². The van der Waals surface area contributed by atoms with Crippen molar-refractivity contribution in [2.24, 2.45) is 11.7 Å². The average molecular weight is 323 g/mol. The highest BCUT2D eigenvalue weighted by atomic mass is 35.5. The second-order valence-electron chi connectivity index (χ2n) is 6.06. The molecule has 0 aromatic heterocycles. The number of carbonyl (C=O) groups excluding carboxylic acids is 1. The topological polar surface area (TPSA) is 55.6 Å². The third-order valence-electron chi connectivity index (χ3n) is 3.96. The molecule has 1 amide bonds. The van der Waals surface area contributed by atoms with Gasteiger partial charge in [-0.05, 0) is 36.6 Å². The lowest BCUT2D eigenvalue weighted by molar-refractivity contribution is -0.126. The predicted molar refractivity (Wildman–Crippen MR) is 90.0 cm³/mol. The molecule has 0 spiro atoms. The largest absolute Gasteiger partial charge is 0.488 e. The number of rotatable bonds is 5. The lowest BCUT2D eigenvalue weighted by atomic mass is 10.0. The van der Waals surface area contributed by atoms with E-state index >= 15 is 0 Å². The third kappa shape index (κ3) is 4.02. The number of halogens is 1. The number of amides is 1. The van der Waals surface area contributed by atoms with Crippen LogP contribution < -0.4 is 10.5 Å². The molecule has 5 heteroatoms. The molecule has 2 N–H and O–H groups in total. The van der Waals surface area contributed by atoms with Crippen LogP contribution >= 0.6 is 11.6 Å². The van der Waals surface area contributed by atoms with Crippen LogP contribution in [0.1, 0.15) is 25.8 Å². The molecule has 0 radical (unpaired) electrons. The van der Waals surface area contributed by atoms with Crippen LogP contribution in [-0.4, -0.2) is 37.0 Å². The van der Waals surface area contributed by atoms with E-state index < -0.39 is 0 Å². The van der Waals surface area contributed by atoms with E-state index in [0.717, 1.165) is 17.7 Å². The number of hydrogen-bond acceptors (Lipinski definition) is 3. The summed E-state index contributed by atoms with van der Waals surface area (Å²) in [6.45, 7) is 5.10. The second kappa shape index (κ2) is 7.16. The van der Waals surface area contributed by atoms with E-state index in [0.29, 0.717) is 23.1 Å². The number of carbonyl (C=O) groups is 1. The minimum absolute atomic E-state index is 0.0263. The molecular weight excluding hydrogens is 300 g/mol. The van der Waals surface area contributed by atoms with Gasteiger partial charge in [0.25, 0.3) is 5.91 Å². The first-order valence-electron chi connectivity index (χ1n) is 7.52. The Labute approximate surface area is 136 Å². The number of likely N-dealkylation sites (N-methyl/N-ethyl adjacent to an activating group) is 1. The first-order chi connectivity index (χ1) is 10.4. The first-order valence-corrected chi connectivity index (χ1v) is 7.90. The van der Waals surface area contributed by atoms with Crippen LogP contribution in [0.15, 0.2) is 23.8 Å². The van der Waals surface area contributed by atoms with Gasteiger partial charge in [0.2, 0.25) is 0 Å². The van der Waals surface area contributed by atoms with Gasteiger partial charge in [-0.2, -0.15) is 0 Å². The number of fused-ring (bicyclic) bond motifs is 1. The third-order valence-corrected chi connectivity index (χ3v) is 4.20. The smallest absolute Gasteiger partial charge is 0.252 e. The highest BCUT2D eigenvalue weighted by Gasteiger charge is 2.21. The quantitative estimate of drug-likeness (QED) is 0.906.